The molecule has 27 heavy (non-hydrogen) atoms. The highest BCUT2D eigenvalue weighted by atomic mass is 16.1. The fourth-order valence-corrected chi connectivity index (χ4v) is 3.63. The normalized spacial score (nSPS) is 15.1. The second-order valence-electron chi connectivity index (χ2n) is 7.13. The number of benzene rings is 2. The summed E-state index contributed by atoms with van der Waals surface area (Å²) in [6.45, 7) is 6.31. The number of hydrogen-bond donors (Lipinski definition) is 1. The molecule has 1 aliphatic rings. The first kappa shape index (κ1) is 17.5. The van der Waals surface area contributed by atoms with Crippen LogP contribution in [0.25, 0.3) is 10.8 Å². The Labute approximate surface area is 159 Å². The minimum Gasteiger partial charge on any atom is -0.369 e. The molecule has 1 N–H and O–H groups in total. The van der Waals surface area contributed by atoms with Gasteiger partial charge in [-0.05, 0) is 49.2 Å². The number of amides is 1. The third kappa shape index (κ3) is 3.64. The third-order valence-corrected chi connectivity index (χ3v) is 5.19. The molecule has 1 amide bonds. The lowest BCUT2D eigenvalue weighted by molar-refractivity contribution is 0.102. The molecular formula is C22H24N4O. The van der Waals surface area contributed by atoms with E-state index in [1.165, 1.54) is 11.3 Å². The van der Waals surface area contributed by atoms with Gasteiger partial charge < -0.3 is 15.1 Å². The zero-order valence-corrected chi connectivity index (χ0v) is 15.8. The second-order valence-corrected chi connectivity index (χ2v) is 7.13. The maximum atomic E-state index is 12.8. The number of likely N-dealkylation sites (N-methyl/N-ethyl adjacent to an activating group) is 1. The van der Waals surface area contributed by atoms with Crippen molar-refractivity contribution in [3.05, 3.63) is 66.0 Å². The molecule has 138 valence electrons. The van der Waals surface area contributed by atoms with E-state index in [1.54, 1.807) is 6.20 Å². The van der Waals surface area contributed by atoms with Crippen molar-refractivity contribution in [2.24, 2.45) is 0 Å². The highest BCUT2D eigenvalue weighted by Crippen LogP contribution is 2.25. The molecule has 0 radical (unpaired) electrons. The number of pyridine rings is 1. The van der Waals surface area contributed by atoms with Gasteiger partial charge in [0.2, 0.25) is 0 Å². The van der Waals surface area contributed by atoms with Gasteiger partial charge in [0, 0.05) is 49.1 Å². The molecule has 3 aromatic rings. The summed E-state index contributed by atoms with van der Waals surface area (Å²) >= 11 is 0. The number of fused-ring (bicyclic) bond motifs is 1. The van der Waals surface area contributed by atoms with Gasteiger partial charge in [0.05, 0.1) is 0 Å². The summed E-state index contributed by atoms with van der Waals surface area (Å²) in [4.78, 5) is 21.8. The van der Waals surface area contributed by atoms with Gasteiger partial charge in [-0.2, -0.15) is 0 Å². The van der Waals surface area contributed by atoms with Crippen molar-refractivity contribution >= 4 is 28.1 Å². The van der Waals surface area contributed by atoms with Crippen LogP contribution in [0.15, 0.2) is 54.7 Å². The SMILES string of the molecule is Cc1cc(NC(=O)c2nccc3ccccc23)ccc1N1CCN(C)CC1. The number of carbonyl (C=O) groups is 1. The summed E-state index contributed by atoms with van der Waals surface area (Å²) in [5.74, 6) is -0.182. The Morgan fingerprint density at radius 1 is 1.04 bits per heavy atom. The van der Waals surface area contributed by atoms with Gasteiger partial charge in [-0.15, -0.1) is 0 Å². The van der Waals surface area contributed by atoms with E-state index in [2.05, 4.69) is 40.1 Å². The molecule has 0 unspecified atom stereocenters. The van der Waals surface area contributed by atoms with E-state index in [1.807, 2.05) is 42.5 Å². The second kappa shape index (κ2) is 7.37. The predicted molar refractivity (Wildman–Crippen MR) is 111 cm³/mol. The fourth-order valence-electron chi connectivity index (χ4n) is 3.63. The molecule has 0 bridgehead atoms. The van der Waals surface area contributed by atoms with Gasteiger partial charge in [0.25, 0.3) is 5.91 Å². The summed E-state index contributed by atoms with van der Waals surface area (Å²) in [6, 6.07) is 15.8. The van der Waals surface area contributed by atoms with Gasteiger partial charge in [0.15, 0.2) is 0 Å². The van der Waals surface area contributed by atoms with Gasteiger partial charge in [-0.1, -0.05) is 24.3 Å². The lowest BCUT2D eigenvalue weighted by Gasteiger charge is -2.35. The maximum Gasteiger partial charge on any atom is 0.274 e. The van der Waals surface area contributed by atoms with E-state index >= 15 is 0 Å². The summed E-state index contributed by atoms with van der Waals surface area (Å²) in [6.07, 6.45) is 1.68. The minimum atomic E-state index is -0.182. The zero-order valence-electron chi connectivity index (χ0n) is 15.8. The average Bonchev–Trinajstić information content (AvgIpc) is 2.68. The first-order chi connectivity index (χ1) is 13.1. The van der Waals surface area contributed by atoms with Crippen molar-refractivity contribution in [2.75, 3.05) is 43.4 Å². The van der Waals surface area contributed by atoms with E-state index in [0.717, 1.165) is 42.6 Å². The van der Waals surface area contributed by atoms with E-state index in [9.17, 15) is 4.79 Å². The lowest BCUT2D eigenvalue weighted by Crippen LogP contribution is -2.44. The number of rotatable bonds is 3. The average molecular weight is 360 g/mol. The van der Waals surface area contributed by atoms with Crippen LogP contribution in [0.5, 0.6) is 0 Å². The molecule has 1 fully saturated rings. The molecule has 5 nitrogen and oxygen atoms in total. The molecular weight excluding hydrogens is 336 g/mol. The van der Waals surface area contributed by atoms with E-state index in [-0.39, 0.29) is 5.91 Å². The maximum absolute atomic E-state index is 12.8. The van der Waals surface area contributed by atoms with Crippen molar-refractivity contribution in [3.63, 3.8) is 0 Å². The summed E-state index contributed by atoms with van der Waals surface area (Å²) in [5, 5.41) is 4.88. The van der Waals surface area contributed by atoms with Gasteiger partial charge in [-0.25, -0.2) is 0 Å². The molecule has 4 rings (SSSR count). The zero-order chi connectivity index (χ0) is 18.8. The molecule has 2 aromatic carbocycles. The van der Waals surface area contributed by atoms with Crippen molar-refractivity contribution < 1.29 is 4.79 Å². The number of piperazine rings is 1. The Balaban J connectivity index is 1.54. The van der Waals surface area contributed by atoms with Crippen LogP contribution in [0, 0.1) is 6.92 Å². The molecule has 0 aliphatic carbocycles. The number of aryl methyl sites for hydroxylation is 1. The minimum absolute atomic E-state index is 0.182. The monoisotopic (exact) mass is 360 g/mol. The van der Waals surface area contributed by atoms with Crippen molar-refractivity contribution in [3.8, 4) is 0 Å². The molecule has 0 spiro atoms. The highest BCUT2D eigenvalue weighted by Gasteiger charge is 2.17. The van der Waals surface area contributed by atoms with Crippen LogP contribution in [0.1, 0.15) is 16.1 Å². The molecule has 1 saturated heterocycles. The standard InChI is InChI=1S/C22H24N4O/c1-16-15-18(7-8-20(16)26-13-11-25(2)12-14-26)24-22(27)21-19-6-4-3-5-17(19)9-10-23-21/h3-10,15H,11-14H2,1-2H3,(H,24,27). The van der Waals surface area contributed by atoms with Crippen LogP contribution in [0.4, 0.5) is 11.4 Å². The van der Waals surface area contributed by atoms with E-state index in [0.29, 0.717) is 5.69 Å². The summed E-state index contributed by atoms with van der Waals surface area (Å²) in [7, 11) is 2.16. The largest absolute Gasteiger partial charge is 0.369 e. The summed E-state index contributed by atoms with van der Waals surface area (Å²) < 4.78 is 0. The Hall–Kier alpha value is -2.92. The smallest absolute Gasteiger partial charge is 0.274 e. The van der Waals surface area contributed by atoms with E-state index < -0.39 is 0 Å². The number of aromatic nitrogens is 1. The first-order valence-electron chi connectivity index (χ1n) is 9.31. The summed E-state index contributed by atoms with van der Waals surface area (Å²) in [5.41, 5.74) is 3.66. The number of anilines is 2. The third-order valence-electron chi connectivity index (χ3n) is 5.19. The number of hydrogen-bond acceptors (Lipinski definition) is 4. The van der Waals surface area contributed by atoms with Crippen LogP contribution < -0.4 is 10.2 Å². The Morgan fingerprint density at radius 2 is 1.81 bits per heavy atom. The molecule has 0 saturated carbocycles. The quantitative estimate of drug-likeness (QED) is 0.776. The van der Waals surface area contributed by atoms with Crippen LogP contribution in [-0.4, -0.2) is 49.0 Å². The number of nitrogens with one attached hydrogen (secondary N) is 1. The molecule has 0 atom stereocenters. The van der Waals surface area contributed by atoms with E-state index in [4.69, 9.17) is 0 Å². The van der Waals surface area contributed by atoms with Crippen LogP contribution >= 0.6 is 0 Å². The Kier molecular flexibility index (Phi) is 4.77. The van der Waals surface area contributed by atoms with Crippen LogP contribution in [0.2, 0.25) is 0 Å². The van der Waals surface area contributed by atoms with Gasteiger partial charge in [-0.3, -0.25) is 9.78 Å². The topological polar surface area (TPSA) is 48.5 Å². The fraction of sp³-hybridized carbons (Fsp3) is 0.273. The lowest BCUT2D eigenvalue weighted by atomic mass is 10.1. The Bertz CT molecular complexity index is 972. The van der Waals surface area contributed by atoms with Gasteiger partial charge >= 0.3 is 0 Å². The molecule has 5 heteroatoms. The van der Waals surface area contributed by atoms with Crippen molar-refractivity contribution in [1.82, 2.24) is 9.88 Å². The van der Waals surface area contributed by atoms with Crippen LogP contribution in [0.3, 0.4) is 0 Å². The first-order valence-corrected chi connectivity index (χ1v) is 9.31. The van der Waals surface area contributed by atoms with Crippen molar-refractivity contribution in [2.45, 2.75) is 6.92 Å². The Morgan fingerprint density at radius 3 is 2.59 bits per heavy atom. The van der Waals surface area contributed by atoms with Crippen molar-refractivity contribution in [1.29, 1.82) is 0 Å². The van der Waals surface area contributed by atoms with Gasteiger partial charge in [0.1, 0.15) is 5.69 Å². The predicted octanol–water partition coefficient (Wildman–Crippen LogP) is 3.55. The molecule has 1 aromatic heterocycles. The number of carbonyl (C=O) groups excluding carboxylic acids is 1. The number of nitrogens with zero attached hydrogens (tertiary/aromatic N) is 3. The highest BCUT2D eigenvalue weighted by molar-refractivity contribution is 6.11. The molecule has 1 aliphatic heterocycles. The molecule has 2 heterocycles. The van der Waals surface area contributed by atoms with Crippen LogP contribution in [-0.2, 0) is 0 Å².